The molecule has 0 saturated carbocycles. The number of thioether (sulfide) groups is 1. The standard InChI is InChI=1S/C10H18N4OS/c1-4-7(6-16-3)12-8-5-9(15-2)14-10(11)13-8/h5,7H,4,6H2,1-3H3,(H3,11,12,13,14). The number of anilines is 2. The van der Waals surface area contributed by atoms with Gasteiger partial charge in [-0.3, -0.25) is 0 Å². The lowest BCUT2D eigenvalue weighted by molar-refractivity contribution is 0.398. The Hall–Kier alpha value is -1.17. The van der Waals surface area contributed by atoms with Gasteiger partial charge in [0.25, 0.3) is 0 Å². The molecule has 1 rings (SSSR count). The summed E-state index contributed by atoms with van der Waals surface area (Å²) in [6.45, 7) is 2.13. The largest absolute Gasteiger partial charge is 0.481 e. The van der Waals surface area contributed by atoms with Gasteiger partial charge >= 0.3 is 0 Å². The molecule has 0 bridgehead atoms. The third-order valence-electron chi connectivity index (χ3n) is 2.14. The summed E-state index contributed by atoms with van der Waals surface area (Å²) in [4.78, 5) is 8.05. The van der Waals surface area contributed by atoms with Crippen LogP contribution in [-0.4, -0.2) is 35.1 Å². The highest BCUT2D eigenvalue weighted by Crippen LogP contribution is 2.16. The normalized spacial score (nSPS) is 12.2. The Kier molecular flexibility index (Phi) is 5.18. The number of rotatable bonds is 6. The number of nitrogens with one attached hydrogen (secondary N) is 1. The molecule has 6 heteroatoms. The minimum Gasteiger partial charge on any atom is -0.481 e. The van der Waals surface area contributed by atoms with Crippen molar-refractivity contribution >= 4 is 23.5 Å². The summed E-state index contributed by atoms with van der Waals surface area (Å²) in [6, 6.07) is 2.13. The van der Waals surface area contributed by atoms with Crippen LogP contribution in [0.25, 0.3) is 0 Å². The van der Waals surface area contributed by atoms with Gasteiger partial charge in [-0.1, -0.05) is 6.92 Å². The third-order valence-corrected chi connectivity index (χ3v) is 2.88. The number of ether oxygens (including phenoxy) is 1. The van der Waals surface area contributed by atoms with E-state index in [1.165, 1.54) is 0 Å². The minimum absolute atomic E-state index is 0.223. The lowest BCUT2D eigenvalue weighted by atomic mass is 10.2. The SMILES string of the molecule is CCC(CSC)Nc1cc(OC)nc(N)n1. The monoisotopic (exact) mass is 242 g/mol. The Bertz CT molecular complexity index is 335. The molecule has 0 aliphatic heterocycles. The Morgan fingerprint density at radius 3 is 2.88 bits per heavy atom. The summed E-state index contributed by atoms with van der Waals surface area (Å²) in [7, 11) is 1.56. The number of nitrogen functional groups attached to an aromatic ring is 1. The average molecular weight is 242 g/mol. The molecule has 0 saturated heterocycles. The van der Waals surface area contributed by atoms with Gasteiger partial charge in [0, 0.05) is 17.9 Å². The molecule has 0 aliphatic carbocycles. The summed E-state index contributed by atoms with van der Waals surface area (Å²) in [5.41, 5.74) is 5.58. The highest BCUT2D eigenvalue weighted by atomic mass is 32.2. The van der Waals surface area contributed by atoms with E-state index >= 15 is 0 Å². The van der Waals surface area contributed by atoms with Crippen LogP contribution in [0.2, 0.25) is 0 Å². The lowest BCUT2D eigenvalue weighted by Gasteiger charge is -2.16. The zero-order chi connectivity index (χ0) is 12.0. The highest BCUT2D eigenvalue weighted by Gasteiger charge is 2.08. The summed E-state index contributed by atoms with van der Waals surface area (Å²) < 4.78 is 5.03. The van der Waals surface area contributed by atoms with Crippen LogP contribution in [0.1, 0.15) is 13.3 Å². The van der Waals surface area contributed by atoms with Gasteiger partial charge in [-0.25, -0.2) is 0 Å². The molecule has 1 aromatic heterocycles. The molecule has 1 unspecified atom stereocenters. The molecule has 90 valence electrons. The molecule has 1 atom stereocenters. The van der Waals surface area contributed by atoms with Crippen molar-refractivity contribution in [3.63, 3.8) is 0 Å². The number of hydrogen-bond acceptors (Lipinski definition) is 6. The fourth-order valence-corrected chi connectivity index (χ4v) is 2.01. The quantitative estimate of drug-likeness (QED) is 0.789. The van der Waals surface area contributed by atoms with Gasteiger partial charge in [-0.15, -0.1) is 0 Å². The maximum absolute atomic E-state index is 5.58. The van der Waals surface area contributed by atoms with E-state index in [4.69, 9.17) is 10.5 Å². The van der Waals surface area contributed by atoms with E-state index < -0.39 is 0 Å². The third kappa shape index (κ3) is 3.77. The number of hydrogen-bond donors (Lipinski definition) is 2. The van der Waals surface area contributed by atoms with E-state index in [-0.39, 0.29) is 5.95 Å². The van der Waals surface area contributed by atoms with Crippen molar-refractivity contribution in [2.75, 3.05) is 30.2 Å². The summed E-state index contributed by atoms with van der Waals surface area (Å²) in [6.07, 6.45) is 3.12. The van der Waals surface area contributed by atoms with E-state index in [2.05, 4.69) is 28.5 Å². The molecule has 16 heavy (non-hydrogen) atoms. The molecule has 1 aromatic rings. The molecule has 0 amide bonds. The topological polar surface area (TPSA) is 73.1 Å². The molecule has 0 aromatic carbocycles. The van der Waals surface area contributed by atoms with E-state index in [0.717, 1.165) is 12.2 Å². The number of nitrogens with two attached hydrogens (primary N) is 1. The molecule has 3 N–H and O–H groups in total. The van der Waals surface area contributed by atoms with E-state index in [0.29, 0.717) is 17.7 Å². The molecule has 0 radical (unpaired) electrons. The van der Waals surface area contributed by atoms with Crippen LogP contribution in [0, 0.1) is 0 Å². The van der Waals surface area contributed by atoms with Crippen molar-refractivity contribution in [2.45, 2.75) is 19.4 Å². The second-order valence-electron chi connectivity index (χ2n) is 3.36. The first-order valence-electron chi connectivity index (χ1n) is 5.13. The van der Waals surface area contributed by atoms with Crippen LogP contribution in [0.5, 0.6) is 5.88 Å². The Balaban J connectivity index is 2.74. The molecule has 0 fully saturated rings. The molecule has 0 spiro atoms. The van der Waals surface area contributed by atoms with Crippen LogP contribution in [-0.2, 0) is 0 Å². The van der Waals surface area contributed by atoms with Crippen molar-refractivity contribution in [2.24, 2.45) is 0 Å². The first-order chi connectivity index (χ1) is 7.69. The fraction of sp³-hybridized carbons (Fsp3) is 0.600. The second-order valence-corrected chi connectivity index (χ2v) is 4.27. The first kappa shape index (κ1) is 12.9. The van der Waals surface area contributed by atoms with Crippen molar-refractivity contribution in [3.05, 3.63) is 6.07 Å². The minimum atomic E-state index is 0.223. The predicted molar refractivity (Wildman–Crippen MR) is 69.1 cm³/mol. The summed E-state index contributed by atoms with van der Waals surface area (Å²) >= 11 is 1.80. The maximum atomic E-state index is 5.58. The Morgan fingerprint density at radius 2 is 2.31 bits per heavy atom. The molecule has 1 heterocycles. The lowest BCUT2D eigenvalue weighted by Crippen LogP contribution is -2.22. The smallest absolute Gasteiger partial charge is 0.225 e. The summed E-state index contributed by atoms with van der Waals surface area (Å²) in [5, 5.41) is 3.31. The zero-order valence-corrected chi connectivity index (χ0v) is 10.7. The number of methoxy groups -OCH3 is 1. The second kappa shape index (κ2) is 6.42. The van der Waals surface area contributed by atoms with Crippen molar-refractivity contribution < 1.29 is 4.74 Å². The van der Waals surface area contributed by atoms with Gasteiger partial charge in [0.2, 0.25) is 11.8 Å². The first-order valence-corrected chi connectivity index (χ1v) is 6.53. The van der Waals surface area contributed by atoms with Gasteiger partial charge in [-0.05, 0) is 12.7 Å². The molecular formula is C10H18N4OS. The van der Waals surface area contributed by atoms with Crippen LogP contribution in [0.3, 0.4) is 0 Å². The van der Waals surface area contributed by atoms with E-state index in [9.17, 15) is 0 Å². The van der Waals surface area contributed by atoms with Gasteiger partial charge in [0.15, 0.2) is 0 Å². The molecular weight excluding hydrogens is 224 g/mol. The molecule has 5 nitrogen and oxygen atoms in total. The predicted octanol–water partition coefficient (Wildman–Crippen LogP) is 1.62. The van der Waals surface area contributed by atoms with Crippen LogP contribution < -0.4 is 15.8 Å². The van der Waals surface area contributed by atoms with Gasteiger partial charge in [-0.2, -0.15) is 21.7 Å². The maximum Gasteiger partial charge on any atom is 0.225 e. The zero-order valence-electron chi connectivity index (χ0n) is 9.86. The van der Waals surface area contributed by atoms with Crippen LogP contribution >= 0.6 is 11.8 Å². The van der Waals surface area contributed by atoms with Gasteiger partial charge in [0.05, 0.1) is 7.11 Å². The van der Waals surface area contributed by atoms with Crippen molar-refractivity contribution in [1.82, 2.24) is 9.97 Å². The van der Waals surface area contributed by atoms with Crippen molar-refractivity contribution in [3.8, 4) is 5.88 Å². The highest BCUT2D eigenvalue weighted by molar-refractivity contribution is 7.98. The Labute approximate surface area is 100 Å². The van der Waals surface area contributed by atoms with Gasteiger partial charge in [0.1, 0.15) is 5.82 Å². The molecule has 0 aliphatic rings. The number of aromatic nitrogens is 2. The number of nitrogens with zero attached hydrogens (tertiary/aromatic N) is 2. The Morgan fingerprint density at radius 1 is 1.56 bits per heavy atom. The fourth-order valence-electron chi connectivity index (χ4n) is 1.29. The van der Waals surface area contributed by atoms with Gasteiger partial charge < -0.3 is 15.8 Å². The van der Waals surface area contributed by atoms with Crippen molar-refractivity contribution in [1.29, 1.82) is 0 Å². The van der Waals surface area contributed by atoms with E-state index in [1.807, 2.05) is 0 Å². The van der Waals surface area contributed by atoms with Crippen LogP contribution in [0.15, 0.2) is 6.07 Å². The van der Waals surface area contributed by atoms with E-state index in [1.54, 1.807) is 24.9 Å². The summed E-state index contributed by atoms with van der Waals surface area (Å²) in [5.74, 6) is 2.45. The average Bonchev–Trinajstić information content (AvgIpc) is 2.27. The van der Waals surface area contributed by atoms with Crippen LogP contribution in [0.4, 0.5) is 11.8 Å².